The lowest BCUT2D eigenvalue weighted by molar-refractivity contribution is -0.119. The first-order valence-electron chi connectivity index (χ1n) is 6.29. The van der Waals surface area contributed by atoms with E-state index in [0.29, 0.717) is 10.4 Å². The van der Waals surface area contributed by atoms with Gasteiger partial charge in [0, 0.05) is 11.8 Å². The Labute approximate surface area is 142 Å². The van der Waals surface area contributed by atoms with E-state index in [1.54, 1.807) is 6.07 Å². The van der Waals surface area contributed by atoms with Gasteiger partial charge in [0.1, 0.15) is 0 Å². The van der Waals surface area contributed by atoms with Gasteiger partial charge in [0.15, 0.2) is 9.96 Å². The van der Waals surface area contributed by atoms with Crippen LogP contribution in [0.4, 0.5) is 0 Å². The Hall–Kier alpha value is -2.08. The molecule has 0 unspecified atom stereocenters. The molecule has 1 aromatic heterocycles. The molecule has 0 saturated carbocycles. The maximum absolute atomic E-state index is 12.2. The van der Waals surface area contributed by atoms with Crippen LogP contribution < -0.4 is 9.50 Å². The maximum atomic E-state index is 12.2. The molecule has 0 aliphatic carbocycles. The van der Waals surface area contributed by atoms with E-state index in [1.165, 1.54) is 31.2 Å². The summed E-state index contributed by atoms with van der Waals surface area (Å²) in [6.07, 6.45) is 0. The van der Waals surface area contributed by atoms with E-state index in [0.717, 1.165) is 11.3 Å². The van der Waals surface area contributed by atoms with Crippen molar-refractivity contribution in [2.75, 3.05) is 0 Å². The summed E-state index contributed by atoms with van der Waals surface area (Å²) in [6.45, 7) is 1.62. The van der Waals surface area contributed by atoms with E-state index in [1.807, 2.05) is 6.07 Å². The zero-order chi connectivity index (χ0) is 17.0. The van der Waals surface area contributed by atoms with E-state index in [2.05, 4.69) is 5.32 Å². The molecule has 0 bridgehead atoms. The van der Waals surface area contributed by atoms with Crippen LogP contribution in [0.1, 0.15) is 17.4 Å². The molecule has 9 heteroatoms. The molecule has 0 spiro atoms. The lowest BCUT2D eigenvalue weighted by atomic mass is 10.2. The number of halogens is 1. The smallest absolute Gasteiger partial charge is 0.348 e. The number of hydrogen-bond acceptors (Lipinski definition) is 6. The van der Waals surface area contributed by atoms with Crippen LogP contribution in [-0.2, 0) is 21.5 Å². The minimum Gasteiger partial charge on any atom is -0.377 e. The number of hydrogen-bond donors (Lipinski definition) is 1. The molecule has 1 N–H and O–H groups in total. The second-order valence-corrected chi connectivity index (χ2v) is 7.77. The largest absolute Gasteiger partial charge is 0.377 e. The summed E-state index contributed by atoms with van der Waals surface area (Å²) in [5, 5.41) is 11.4. The molecule has 0 fully saturated rings. The number of rotatable bonds is 5. The van der Waals surface area contributed by atoms with Crippen molar-refractivity contribution in [1.82, 2.24) is 5.32 Å². The Morgan fingerprint density at radius 1 is 1.39 bits per heavy atom. The third-order valence-electron chi connectivity index (χ3n) is 2.66. The summed E-state index contributed by atoms with van der Waals surface area (Å²) in [7, 11) is -4.03. The summed E-state index contributed by atoms with van der Waals surface area (Å²) in [6, 6.07) is 8.94. The first kappa shape index (κ1) is 17.3. The highest BCUT2D eigenvalue weighted by Crippen LogP contribution is 2.30. The van der Waals surface area contributed by atoms with Gasteiger partial charge >= 0.3 is 10.1 Å². The lowest BCUT2D eigenvalue weighted by Gasteiger charge is -2.07. The van der Waals surface area contributed by atoms with Gasteiger partial charge in [0.25, 0.3) is 0 Å². The van der Waals surface area contributed by atoms with Gasteiger partial charge in [-0.05, 0) is 30.3 Å². The molecular formula is C14H11ClN2O4S2. The van der Waals surface area contributed by atoms with Crippen molar-refractivity contribution in [3.05, 3.63) is 45.8 Å². The third kappa shape index (κ3) is 4.45. The quantitative estimate of drug-likeness (QED) is 0.816. The topological polar surface area (TPSA) is 96.3 Å². The molecule has 0 aliphatic heterocycles. The number of nitriles is 1. The zero-order valence-electron chi connectivity index (χ0n) is 11.9. The summed E-state index contributed by atoms with van der Waals surface area (Å²) < 4.78 is 29.5. The molecule has 1 aromatic carbocycles. The van der Waals surface area contributed by atoms with E-state index in [9.17, 15) is 13.2 Å². The first-order chi connectivity index (χ1) is 10.8. The third-order valence-corrected chi connectivity index (χ3v) is 5.72. The number of carbonyl (C=O) groups is 1. The number of amides is 1. The summed E-state index contributed by atoms with van der Waals surface area (Å²) >= 11 is 6.90. The Morgan fingerprint density at radius 3 is 2.74 bits per heavy atom. The van der Waals surface area contributed by atoms with Crippen molar-refractivity contribution < 1.29 is 17.4 Å². The minimum atomic E-state index is -4.03. The second-order valence-electron chi connectivity index (χ2n) is 4.42. The zero-order valence-corrected chi connectivity index (χ0v) is 14.3. The number of benzene rings is 1. The highest BCUT2D eigenvalue weighted by Gasteiger charge is 2.21. The van der Waals surface area contributed by atoms with Crippen LogP contribution in [0.5, 0.6) is 5.75 Å². The van der Waals surface area contributed by atoms with Gasteiger partial charge in [-0.3, -0.25) is 4.79 Å². The molecule has 0 saturated heterocycles. The van der Waals surface area contributed by atoms with Gasteiger partial charge in [0.05, 0.1) is 23.2 Å². The number of thiophene rings is 1. The van der Waals surface area contributed by atoms with Crippen LogP contribution in [0.3, 0.4) is 0 Å². The lowest BCUT2D eigenvalue weighted by Crippen LogP contribution is -2.18. The fourth-order valence-corrected chi connectivity index (χ4v) is 4.07. The summed E-state index contributed by atoms with van der Waals surface area (Å²) in [5.41, 5.74) is 0.300. The molecule has 6 nitrogen and oxygen atoms in total. The highest BCUT2D eigenvalue weighted by atomic mass is 35.5. The van der Waals surface area contributed by atoms with Crippen LogP contribution in [0.15, 0.2) is 34.5 Å². The molecule has 0 radical (unpaired) electrons. The standard InChI is InChI=1S/C14H11ClN2O4S2/c1-9(18)17-8-11-3-5-14(22-11)23(19,20)21-13-4-2-10(7-16)6-12(13)15/h2-6H,8H2,1H3,(H,17,18). The molecule has 0 atom stereocenters. The predicted molar refractivity (Wildman–Crippen MR) is 85.8 cm³/mol. The molecule has 120 valence electrons. The van der Waals surface area contributed by atoms with Gasteiger partial charge in [-0.15, -0.1) is 11.3 Å². The Kier molecular flexibility index (Phi) is 5.26. The Balaban J connectivity index is 2.19. The molecule has 0 aliphatic rings. The molecule has 23 heavy (non-hydrogen) atoms. The molecule has 1 amide bonds. The highest BCUT2D eigenvalue weighted by molar-refractivity contribution is 7.89. The van der Waals surface area contributed by atoms with Gasteiger partial charge in [-0.1, -0.05) is 11.6 Å². The number of carbonyl (C=O) groups excluding carboxylic acids is 1. The molecule has 1 heterocycles. The fraction of sp³-hybridized carbons (Fsp3) is 0.143. The van der Waals surface area contributed by atoms with Crippen molar-refractivity contribution in [2.45, 2.75) is 17.7 Å². The molecular weight excluding hydrogens is 360 g/mol. The summed E-state index contributed by atoms with van der Waals surface area (Å²) in [5.74, 6) is -0.258. The van der Waals surface area contributed by atoms with Crippen LogP contribution in [-0.4, -0.2) is 14.3 Å². The van der Waals surface area contributed by atoms with Crippen molar-refractivity contribution in [1.29, 1.82) is 5.26 Å². The molecule has 2 rings (SSSR count). The van der Waals surface area contributed by atoms with Crippen molar-refractivity contribution in [3.63, 3.8) is 0 Å². The first-order valence-corrected chi connectivity index (χ1v) is 8.89. The maximum Gasteiger partial charge on any atom is 0.348 e. The van der Waals surface area contributed by atoms with Gasteiger partial charge < -0.3 is 9.50 Å². The Morgan fingerprint density at radius 2 is 2.13 bits per heavy atom. The van der Waals surface area contributed by atoms with Gasteiger partial charge in [-0.2, -0.15) is 13.7 Å². The van der Waals surface area contributed by atoms with Crippen LogP contribution >= 0.6 is 22.9 Å². The average Bonchev–Trinajstić information content (AvgIpc) is 2.97. The van der Waals surface area contributed by atoms with Crippen molar-refractivity contribution in [3.8, 4) is 11.8 Å². The SMILES string of the molecule is CC(=O)NCc1ccc(S(=O)(=O)Oc2ccc(C#N)cc2Cl)s1. The molecule has 2 aromatic rings. The van der Waals surface area contributed by atoms with E-state index in [4.69, 9.17) is 21.0 Å². The monoisotopic (exact) mass is 370 g/mol. The second kappa shape index (κ2) is 7.00. The number of nitrogens with zero attached hydrogens (tertiary/aromatic N) is 1. The van der Waals surface area contributed by atoms with Crippen LogP contribution in [0, 0.1) is 11.3 Å². The average molecular weight is 371 g/mol. The van der Waals surface area contributed by atoms with Gasteiger partial charge in [0.2, 0.25) is 5.91 Å². The van der Waals surface area contributed by atoms with Gasteiger partial charge in [-0.25, -0.2) is 0 Å². The van der Waals surface area contributed by atoms with E-state index in [-0.39, 0.29) is 27.4 Å². The fourth-order valence-electron chi connectivity index (χ4n) is 1.60. The summed E-state index contributed by atoms with van der Waals surface area (Å²) in [4.78, 5) is 11.5. The van der Waals surface area contributed by atoms with E-state index >= 15 is 0 Å². The number of nitrogens with one attached hydrogen (secondary N) is 1. The van der Waals surface area contributed by atoms with Crippen molar-refractivity contribution >= 4 is 39.0 Å². The van der Waals surface area contributed by atoms with E-state index < -0.39 is 10.1 Å². The van der Waals surface area contributed by atoms with Crippen LogP contribution in [0.2, 0.25) is 5.02 Å². The van der Waals surface area contributed by atoms with Crippen LogP contribution in [0.25, 0.3) is 0 Å². The van der Waals surface area contributed by atoms with Crippen molar-refractivity contribution in [2.24, 2.45) is 0 Å². The Bertz CT molecular complexity index is 884. The minimum absolute atomic E-state index is 0.00159. The predicted octanol–water partition coefficient (Wildman–Crippen LogP) is 2.68. The normalized spacial score (nSPS) is 10.8.